The molecular formula is C15H16INO5. The number of halogens is 1. The van der Waals surface area contributed by atoms with E-state index in [0.29, 0.717) is 11.3 Å². The van der Waals surface area contributed by atoms with Gasteiger partial charge >= 0.3 is 5.97 Å². The Bertz CT molecular complexity index is 641. The molecule has 0 aliphatic carbocycles. The average Bonchev–Trinajstić information content (AvgIpc) is 2.49. The quantitative estimate of drug-likeness (QED) is 0.452. The van der Waals surface area contributed by atoms with Gasteiger partial charge in [-0.15, -0.1) is 0 Å². The first-order valence-electron chi connectivity index (χ1n) is 6.57. The standard InChI is InChI=1S/C15H16INO5/c1-8(13(21-2)22-3)15(14(19)20)7-17-11-5-4-9(16)6-10(11)12(15)18/h4-8,13H,1-3H3,(H,19,20). The van der Waals surface area contributed by atoms with Crippen LogP contribution in [-0.4, -0.2) is 43.6 Å². The molecule has 1 aliphatic rings. The van der Waals surface area contributed by atoms with Crippen molar-refractivity contribution in [3.8, 4) is 0 Å². The van der Waals surface area contributed by atoms with Crippen molar-refractivity contribution in [1.82, 2.24) is 0 Å². The SMILES string of the molecule is COC(OC)C(C)C1(C(=O)O)C=Nc2ccc(I)cc2C1=O. The first-order valence-corrected chi connectivity index (χ1v) is 7.65. The van der Waals surface area contributed by atoms with Crippen molar-refractivity contribution >= 4 is 46.2 Å². The fourth-order valence-electron chi connectivity index (χ4n) is 2.65. The molecule has 2 atom stereocenters. The molecule has 6 nitrogen and oxygen atoms in total. The number of rotatable bonds is 5. The molecule has 0 bridgehead atoms. The summed E-state index contributed by atoms with van der Waals surface area (Å²) in [6, 6.07) is 5.16. The highest BCUT2D eigenvalue weighted by Crippen LogP contribution is 2.40. The normalized spacial score (nSPS) is 21.8. The topological polar surface area (TPSA) is 85.2 Å². The first-order chi connectivity index (χ1) is 10.4. The average molecular weight is 417 g/mol. The number of nitrogens with zero attached hydrogens (tertiary/aromatic N) is 1. The molecule has 1 heterocycles. The number of hydrogen-bond donors (Lipinski definition) is 1. The number of carboxylic acids is 1. The van der Waals surface area contributed by atoms with E-state index in [0.717, 1.165) is 3.57 Å². The third-order valence-corrected chi connectivity index (χ3v) is 4.60. The molecule has 22 heavy (non-hydrogen) atoms. The van der Waals surface area contributed by atoms with Gasteiger partial charge in [0.25, 0.3) is 0 Å². The van der Waals surface area contributed by atoms with Gasteiger partial charge in [0.1, 0.15) is 0 Å². The highest BCUT2D eigenvalue weighted by molar-refractivity contribution is 14.1. The first kappa shape index (κ1) is 17.0. The lowest BCUT2D eigenvalue weighted by molar-refractivity contribution is -0.166. The molecule has 2 rings (SSSR count). The maximum atomic E-state index is 12.9. The summed E-state index contributed by atoms with van der Waals surface area (Å²) in [4.78, 5) is 29.0. The van der Waals surface area contributed by atoms with Crippen molar-refractivity contribution in [2.24, 2.45) is 16.3 Å². The van der Waals surface area contributed by atoms with Crippen LogP contribution in [0.2, 0.25) is 0 Å². The molecule has 118 valence electrons. The van der Waals surface area contributed by atoms with Gasteiger partial charge in [-0.1, -0.05) is 6.92 Å². The number of carboxylic acid groups (broad SMARTS) is 1. The van der Waals surface area contributed by atoms with Crippen molar-refractivity contribution < 1.29 is 24.2 Å². The minimum absolute atomic E-state index is 0.301. The molecule has 1 N–H and O–H groups in total. The van der Waals surface area contributed by atoms with Crippen molar-refractivity contribution in [1.29, 1.82) is 0 Å². The lowest BCUT2D eigenvalue weighted by atomic mass is 9.70. The summed E-state index contributed by atoms with van der Waals surface area (Å²) < 4.78 is 11.1. The van der Waals surface area contributed by atoms with Gasteiger partial charge in [-0.25, -0.2) is 0 Å². The number of carbonyl (C=O) groups is 2. The largest absolute Gasteiger partial charge is 0.480 e. The summed E-state index contributed by atoms with van der Waals surface area (Å²) in [7, 11) is 2.81. The van der Waals surface area contributed by atoms with Crippen molar-refractivity contribution in [3.05, 3.63) is 27.3 Å². The molecule has 0 saturated heterocycles. The molecule has 0 fully saturated rings. The molecular weight excluding hydrogens is 401 g/mol. The van der Waals surface area contributed by atoms with Crippen molar-refractivity contribution in [3.63, 3.8) is 0 Å². The number of ketones is 1. The summed E-state index contributed by atoms with van der Waals surface area (Å²) >= 11 is 2.07. The van der Waals surface area contributed by atoms with Crippen LogP contribution in [0.15, 0.2) is 23.2 Å². The van der Waals surface area contributed by atoms with Crippen LogP contribution in [0, 0.1) is 14.9 Å². The van der Waals surface area contributed by atoms with Crippen LogP contribution in [-0.2, 0) is 14.3 Å². The lowest BCUT2D eigenvalue weighted by Crippen LogP contribution is -2.52. The number of aliphatic carboxylic acids is 1. The summed E-state index contributed by atoms with van der Waals surface area (Å²) in [5.41, 5.74) is -1.04. The van der Waals surface area contributed by atoms with E-state index in [9.17, 15) is 14.7 Å². The Balaban J connectivity index is 2.59. The van der Waals surface area contributed by atoms with E-state index >= 15 is 0 Å². The third kappa shape index (κ3) is 2.57. The fraction of sp³-hybridized carbons (Fsp3) is 0.400. The van der Waals surface area contributed by atoms with Crippen LogP contribution in [0.4, 0.5) is 5.69 Å². The van der Waals surface area contributed by atoms with Gasteiger partial charge in [0.05, 0.1) is 5.69 Å². The number of Topliss-reactive ketones (excluding diaryl/α,β-unsaturated/α-hetero) is 1. The van der Waals surface area contributed by atoms with Gasteiger partial charge in [0.15, 0.2) is 17.5 Å². The van der Waals surface area contributed by atoms with Crippen LogP contribution < -0.4 is 0 Å². The highest BCUT2D eigenvalue weighted by Gasteiger charge is 2.54. The minimum Gasteiger partial charge on any atom is -0.480 e. The molecule has 0 radical (unpaired) electrons. The predicted molar refractivity (Wildman–Crippen MR) is 88.7 cm³/mol. The van der Waals surface area contributed by atoms with Crippen LogP contribution >= 0.6 is 22.6 Å². The number of fused-ring (bicyclic) bond motifs is 1. The van der Waals surface area contributed by atoms with Gasteiger partial charge in [0.2, 0.25) is 0 Å². The van der Waals surface area contributed by atoms with Crippen LogP contribution in [0.1, 0.15) is 17.3 Å². The van der Waals surface area contributed by atoms with E-state index in [-0.39, 0.29) is 0 Å². The van der Waals surface area contributed by atoms with Gasteiger partial charge in [-0.05, 0) is 40.8 Å². The number of hydrogen-bond acceptors (Lipinski definition) is 5. The number of methoxy groups -OCH3 is 2. The molecule has 0 spiro atoms. The molecule has 0 amide bonds. The van der Waals surface area contributed by atoms with Gasteiger partial charge in [0, 0.05) is 35.5 Å². The third-order valence-electron chi connectivity index (χ3n) is 3.93. The van der Waals surface area contributed by atoms with E-state index in [4.69, 9.17) is 9.47 Å². The number of carbonyl (C=O) groups excluding carboxylic acids is 1. The summed E-state index contributed by atoms with van der Waals surface area (Å²) in [6.07, 6.45) is 0.360. The Morgan fingerprint density at radius 1 is 1.36 bits per heavy atom. The number of aliphatic imine (C=N–C) groups is 1. The maximum absolute atomic E-state index is 12.9. The molecule has 1 aromatic carbocycles. The van der Waals surface area contributed by atoms with Gasteiger partial charge in [-0.3, -0.25) is 14.6 Å². The molecule has 1 aliphatic heterocycles. The van der Waals surface area contributed by atoms with E-state index in [2.05, 4.69) is 27.6 Å². The molecule has 0 saturated carbocycles. The summed E-state index contributed by atoms with van der Waals surface area (Å²) in [5, 5.41) is 9.74. The second kappa shape index (κ2) is 6.43. The molecule has 0 aromatic heterocycles. The molecule has 2 unspecified atom stereocenters. The Hall–Kier alpha value is -1.32. The Kier molecular flexibility index (Phi) is 4.98. The second-order valence-electron chi connectivity index (χ2n) is 5.05. The second-order valence-corrected chi connectivity index (χ2v) is 6.30. The summed E-state index contributed by atoms with van der Waals surface area (Å²) in [6.45, 7) is 1.61. The Morgan fingerprint density at radius 3 is 2.55 bits per heavy atom. The van der Waals surface area contributed by atoms with E-state index in [1.165, 1.54) is 20.4 Å². The Labute approximate surface area is 141 Å². The fourth-order valence-corrected chi connectivity index (χ4v) is 3.14. The smallest absolute Gasteiger partial charge is 0.323 e. The minimum atomic E-state index is -1.81. The van der Waals surface area contributed by atoms with E-state index < -0.39 is 29.4 Å². The van der Waals surface area contributed by atoms with Crippen LogP contribution in [0.3, 0.4) is 0 Å². The molecule has 1 aromatic rings. The lowest BCUT2D eigenvalue weighted by Gasteiger charge is -2.36. The number of benzene rings is 1. The van der Waals surface area contributed by atoms with Crippen LogP contribution in [0.25, 0.3) is 0 Å². The zero-order valence-electron chi connectivity index (χ0n) is 12.4. The highest BCUT2D eigenvalue weighted by atomic mass is 127. The summed E-state index contributed by atoms with van der Waals surface area (Å²) in [5.74, 6) is -2.52. The number of ether oxygens (including phenoxy) is 2. The zero-order chi connectivity index (χ0) is 16.5. The van der Waals surface area contributed by atoms with Crippen molar-refractivity contribution in [2.75, 3.05) is 14.2 Å². The van der Waals surface area contributed by atoms with E-state index in [1.807, 2.05) is 6.07 Å². The van der Waals surface area contributed by atoms with Gasteiger partial charge < -0.3 is 14.6 Å². The van der Waals surface area contributed by atoms with Crippen LogP contribution in [0.5, 0.6) is 0 Å². The maximum Gasteiger partial charge on any atom is 0.323 e. The monoisotopic (exact) mass is 417 g/mol. The van der Waals surface area contributed by atoms with Gasteiger partial charge in [-0.2, -0.15) is 0 Å². The zero-order valence-corrected chi connectivity index (χ0v) is 14.5. The molecule has 7 heteroatoms. The Morgan fingerprint density at radius 2 is 2.00 bits per heavy atom. The van der Waals surface area contributed by atoms with E-state index in [1.54, 1.807) is 19.1 Å². The predicted octanol–water partition coefficient (Wildman–Crippen LogP) is 2.52. The van der Waals surface area contributed by atoms with Crippen molar-refractivity contribution in [2.45, 2.75) is 13.2 Å².